The second-order valence-electron chi connectivity index (χ2n) is 13.5. The Morgan fingerprint density at radius 2 is 1.10 bits per heavy atom. The zero-order valence-electron chi connectivity index (χ0n) is 45.3. The third-order valence-corrected chi connectivity index (χ3v) is 6.22. The lowest BCUT2D eigenvalue weighted by Crippen LogP contribution is -2.32. The van der Waals surface area contributed by atoms with Crippen LogP contribution in [0.1, 0.15) is 94.9 Å². The van der Waals surface area contributed by atoms with Crippen molar-refractivity contribution in [2.24, 2.45) is 11.0 Å². The summed E-state index contributed by atoms with van der Waals surface area (Å²) < 4.78 is 9.43. The number of hydrogen-bond donors (Lipinski definition) is 0. The molecule has 4 aliphatic rings. The van der Waals surface area contributed by atoms with Crippen molar-refractivity contribution in [3.05, 3.63) is 136 Å². The quantitative estimate of drug-likeness (QED) is 0.0218. The number of azide groups is 1. The number of terminal acetylenes is 2. The molecule has 1 atom stereocenters. The molecule has 0 N–H and O–H groups in total. The van der Waals surface area contributed by atoms with Crippen molar-refractivity contribution in [3.63, 3.8) is 0 Å². The summed E-state index contributed by atoms with van der Waals surface area (Å²) in [4.78, 5) is 38.4. The number of ether oxygens (including phenoxy) is 2. The van der Waals surface area contributed by atoms with Crippen LogP contribution in [0.2, 0.25) is 0 Å². The molecule has 4 rings (SSSR count). The molecule has 11 heteroatoms. The van der Waals surface area contributed by atoms with Gasteiger partial charge in [-0.25, -0.2) is 0 Å². The largest absolute Gasteiger partial charge is 0.381 e. The van der Waals surface area contributed by atoms with Crippen molar-refractivity contribution in [2.45, 2.75) is 101 Å². The molecule has 1 unspecified atom stereocenters. The maximum atomic E-state index is 10.1. The minimum Gasteiger partial charge on any atom is -0.381 e. The predicted molar refractivity (Wildman–Crippen MR) is 299 cm³/mol. The minimum atomic E-state index is -0.218. The monoisotopic (exact) mass is 937 g/mol. The number of carbonyl (C=O) groups excluding carboxylic acids is 3. The second-order valence-corrected chi connectivity index (χ2v) is 13.5. The highest BCUT2D eigenvalue weighted by atomic mass is 16.6. The molecule has 0 bridgehead atoms. The summed E-state index contributed by atoms with van der Waals surface area (Å²) in [5, 5.41) is 2.92. The van der Waals surface area contributed by atoms with Gasteiger partial charge in [0.15, 0.2) is 11.6 Å². The first-order valence-corrected chi connectivity index (χ1v) is 22.5. The molecule has 0 spiro atoms. The first-order valence-electron chi connectivity index (χ1n) is 22.5. The molecular weight excluding hydrogens is 837 g/mol. The summed E-state index contributed by atoms with van der Waals surface area (Å²) >= 11 is 0. The van der Waals surface area contributed by atoms with Crippen molar-refractivity contribution < 1.29 is 23.9 Å². The van der Waals surface area contributed by atoms with E-state index in [4.69, 9.17) is 15.0 Å². The van der Waals surface area contributed by atoms with Crippen molar-refractivity contribution in [1.82, 2.24) is 14.7 Å². The Kier molecular flexibility index (Phi) is 111. The summed E-state index contributed by atoms with van der Waals surface area (Å²) in [5.41, 5.74) is 7.33. The molecule has 4 aliphatic heterocycles. The van der Waals surface area contributed by atoms with E-state index < -0.39 is 0 Å². The van der Waals surface area contributed by atoms with Gasteiger partial charge in [0.1, 0.15) is 0 Å². The van der Waals surface area contributed by atoms with Gasteiger partial charge in [0.25, 0.3) is 0 Å². The summed E-state index contributed by atoms with van der Waals surface area (Å²) in [7, 11) is 7.67. The van der Waals surface area contributed by atoms with Crippen molar-refractivity contribution in [2.75, 3.05) is 87.3 Å². The van der Waals surface area contributed by atoms with Crippen molar-refractivity contribution in [1.29, 1.82) is 0 Å². The maximum absolute atomic E-state index is 10.1. The zero-order valence-corrected chi connectivity index (χ0v) is 45.3. The Labute approximate surface area is 414 Å². The lowest BCUT2D eigenvalue weighted by atomic mass is 10.0. The number of rotatable bonds is 12. The van der Waals surface area contributed by atoms with Crippen LogP contribution in [0, 0.1) is 30.6 Å². The van der Waals surface area contributed by atoms with Gasteiger partial charge in [-0.05, 0) is 131 Å². The van der Waals surface area contributed by atoms with E-state index in [-0.39, 0.29) is 17.3 Å². The highest BCUT2D eigenvalue weighted by Gasteiger charge is 2.13. The van der Waals surface area contributed by atoms with Crippen LogP contribution in [0.4, 0.5) is 0 Å². The smallest absolute Gasteiger partial charge is 0.202 e. The summed E-state index contributed by atoms with van der Waals surface area (Å²) in [5.74, 6) is 4.72. The Balaban J connectivity index is -0.0000000661. The Bertz CT molecular complexity index is 1280. The fourth-order valence-corrected chi connectivity index (χ4v) is 2.34. The predicted octanol–water partition coefficient (Wildman–Crippen LogP) is 13.0. The number of carbonyl (C=O) groups is 3. The van der Waals surface area contributed by atoms with Gasteiger partial charge in [-0.15, -0.1) is 51.7 Å². The third kappa shape index (κ3) is 184. The number of nitrogens with zero attached hydrogens (tertiary/aromatic N) is 6. The number of likely N-dealkylation sites (N-methyl/N-ethyl adjacent to an activating group) is 2. The molecule has 384 valence electrons. The summed E-state index contributed by atoms with van der Waals surface area (Å²) in [6, 6.07) is 0. The van der Waals surface area contributed by atoms with Crippen LogP contribution >= 0.6 is 0 Å². The van der Waals surface area contributed by atoms with Crippen molar-refractivity contribution >= 4 is 17.3 Å². The Morgan fingerprint density at radius 1 is 0.821 bits per heavy atom. The number of likely N-dealkylation sites (tertiary alicyclic amines) is 1. The molecule has 0 saturated carbocycles. The average molecular weight is 937 g/mol. The molecule has 0 radical (unpaired) electrons. The van der Waals surface area contributed by atoms with Crippen molar-refractivity contribution in [3.8, 4) is 24.7 Å². The number of ketones is 3. The van der Waals surface area contributed by atoms with Crippen LogP contribution in [0.5, 0.6) is 0 Å². The fourth-order valence-electron chi connectivity index (χ4n) is 2.34. The SMILES string of the molecule is C#CC.C#CC(C)=O.C1COC1.C=CC.C=CC(C)=O.C=CC=CC.C=CC=CC(C)=O.C=CCC(C)CC=C.C=CCN(C)CC=C.CC.CC1CO1.CN1CC1.CN1CCC1.CN=[N+]=[N-]. The highest BCUT2D eigenvalue weighted by molar-refractivity contribution is 5.92. The van der Waals surface area contributed by atoms with Gasteiger partial charge < -0.3 is 19.3 Å². The molecule has 11 nitrogen and oxygen atoms in total. The van der Waals surface area contributed by atoms with E-state index in [0.29, 0.717) is 6.10 Å². The zero-order chi connectivity index (χ0) is 54.5. The molecule has 0 aromatic rings. The van der Waals surface area contributed by atoms with E-state index in [1.54, 1.807) is 31.2 Å². The number of epoxide rings is 1. The first-order chi connectivity index (χ1) is 31.8. The van der Waals surface area contributed by atoms with Gasteiger partial charge >= 0.3 is 0 Å². The fraction of sp³-hybridized carbons (Fsp3) is 0.518. The van der Waals surface area contributed by atoms with E-state index in [1.807, 2.05) is 77.1 Å². The molecule has 0 aromatic carbocycles. The van der Waals surface area contributed by atoms with Crippen LogP contribution in [-0.4, -0.2) is 125 Å². The van der Waals surface area contributed by atoms with Gasteiger partial charge in [0, 0.05) is 58.3 Å². The standard InChI is InChI=1S/C8H14.C7H13N.C6H8O.C5H8.C4H9N.C4H6O.C4H4O.C3H7N.2C3H6O.C3H6.C3H4.C2H6.CH3N3/c2*1-4-6-8(3)7-5-2;1-3-4-5-6(2)7;1-3-5-4-2;1-5-3-2-4-5;2*1-3-4(2)5;1-4-2-3-4;1-3-2-4-3;1-2-4-3-1;2*1-3-2;1-2;1-3-4-2/h4-5,8H,1-2,6-7H2,3H3;4-5H,1-2,6-7H2,3H3;3-5H,1H2,2H3;3-5H,1H2,2H3;2-4H2,1H3;3H,1H2,2H3;1H,2H3;2-3H2,1H3;3H,2H2,1H3;1-3H2;3H,1H2,2H3;1H,2H3;1-2H3;1H3. The summed E-state index contributed by atoms with van der Waals surface area (Å²) in [6.45, 7) is 56.1. The van der Waals surface area contributed by atoms with E-state index in [0.717, 1.165) is 51.7 Å². The van der Waals surface area contributed by atoms with Crippen LogP contribution in [0.25, 0.3) is 10.4 Å². The molecule has 4 fully saturated rings. The Morgan fingerprint density at radius 3 is 1.18 bits per heavy atom. The molecule has 0 amide bonds. The van der Waals surface area contributed by atoms with E-state index in [9.17, 15) is 14.4 Å². The van der Waals surface area contributed by atoms with Crippen LogP contribution in [0.15, 0.2) is 131 Å². The number of Topliss-reactive ketones (excluding diaryl/α,β-unsaturated/α-hetero) is 1. The molecule has 0 aromatic heterocycles. The summed E-state index contributed by atoms with van der Waals surface area (Å²) in [6.07, 6.45) is 35.6. The topological polar surface area (TPSA) is 131 Å². The van der Waals surface area contributed by atoms with Crippen LogP contribution < -0.4 is 0 Å². The van der Waals surface area contributed by atoms with Gasteiger partial charge in [-0.3, -0.25) is 19.3 Å². The Hall–Kier alpha value is -5.36. The average Bonchev–Trinajstić information content (AvgIpc) is 4.22. The molecule has 4 heterocycles. The molecular formula is C56H100N6O5. The number of hydrogen-bond acceptors (Lipinski definition) is 9. The van der Waals surface area contributed by atoms with E-state index in [2.05, 4.69) is 124 Å². The lowest BCUT2D eigenvalue weighted by molar-refractivity contribution is -0.113. The van der Waals surface area contributed by atoms with Crippen LogP contribution in [-0.2, 0) is 23.9 Å². The highest BCUT2D eigenvalue weighted by Crippen LogP contribution is 2.06. The minimum absolute atomic E-state index is 0.0185. The molecule has 67 heavy (non-hydrogen) atoms. The molecule has 4 saturated heterocycles. The van der Waals surface area contributed by atoms with E-state index in [1.165, 1.54) is 79.0 Å². The van der Waals surface area contributed by atoms with Gasteiger partial charge in [0.05, 0.1) is 12.7 Å². The molecule has 0 aliphatic carbocycles. The normalized spacial score (nSPS) is 12.7. The van der Waals surface area contributed by atoms with Gasteiger partial charge in [-0.2, -0.15) is 0 Å². The van der Waals surface area contributed by atoms with Gasteiger partial charge in [-0.1, -0.05) is 106 Å². The number of allylic oxidation sites excluding steroid dienone is 10. The van der Waals surface area contributed by atoms with Gasteiger partial charge in [0.2, 0.25) is 5.78 Å². The first kappa shape index (κ1) is 85.0. The maximum Gasteiger partial charge on any atom is 0.202 e. The lowest BCUT2D eigenvalue weighted by Gasteiger charge is -2.24. The van der Waals surface area contributed by atoms with Crippen LogP contribution in [0.3, 0.4) is 0 Å². The second kappa shape index (κ2) is 87.5. The third-order valence-electron chi connectivity index (χ3n) is 6.22. The van der Waals surface area contributed by atoms with E-state index >= 15 is 0 Å².